The molecule has 0 aromatic heterocycles. The molecule has 31 heavy (non-hydrogen) atoms. The molecule has 2 aromatic rings. The Hall–Kier alpha value is -2.14. The van der Waals surface area contributed by atoms with E-state index in [4.69, 9.17) is 4.74 Å². The number of rotatable bonds is 10. The summed E-state index contributed by atoms with van der Waals surface area (Å²) in [5, 5.41) is 6.35. The van der Waals surface area contributed by atoms with Crippen LogP contribution in [0.1, 0.15) is 16.7 Å². The Balaban J connectivity index is 0.00000480. The highest BCUT2D eigenvalue weighted by molar-refractivity contribution is 14.0. The van der Waals surface area contributed by atoms with Crippen molar-refractivity contribution in [2.45, 2.75) is 26.6 Å². The number of aryl methyl sites for hydroxylation is 1. The molecule has 172 valence electrons. The van der Waals surface area contributed by atoms with Gasteiger partial charge in [0.25, 0.3) is 0 Å². The van der Waals surface area contributed by atoms with Crippen molar-refractivity contribution in [3.05, 3.63) is 59.2 Å². The first-order valence-corrected chi connectivity index (χ1v) is 9.72. The number of likely N-dealkylation sites (N-methyl/N-ethyl adjacent to an activating group) is 1. The van der Waals surface area contributed by atoms with E-state index in [1.54, 1.807) is 19.2 Å². The smallest absolute Gasteiger partial charge is 0.387 e. The summed E-state index contributed by atoms with van der Waals surface area (Å²) in [7, 11) is 5.66. The lowest BCUT2D eigenvalue weighted by molar-refractivity contribution is -0.0504. The Kier molecular flexibility index (Phi) is 12.2. The fourth-order valence-corrected chi connectivity index (χ4v) is 2.73. The number of halogens is 3. The normalized spacial score (nSPS) is 11.3. The van der Waals surface area contributed by atoms with Crippen LogP contribution in [0.25, 0.3) is 0 Å². The average Bonchev–Trinajstić information content (AvgIpc) is 2.69. The first-order valence-electron chi connectivity index (χ1n) is 9.72. The number of nitrogens with one attached hydrogen (secondary N) is 2. The third-order valence-electron chi connectivity index (χ3n) is 4.27. The molecule has 2 rings (SSSR count). The fourth-order valence-electron chi connectivity index (χ4n) is 2.73. The molecule has 2 N–H and O–H groups in total. The molecule has 0 spiro atoms. The monoisotopic (exact) mass is 548 g/mol. The van der Waals surface area contributed by atoms with E-state index in [0.717, 1.165) is 23.4 Å². The van der Waals surface area contributed by atoms with Gasteiger partial charge in [-0.3, -0.25) is 4.99 Å². The number of benzene rings is 2. The molecule has 0 saturated heterocycles. The van der Waals surface area contributed by atoms with Gasteiger partial charge in [0, 0.05) is 32.2 Å². The van der Waals surface area contributed by atoms with E-state index in [1.165, 1.54) is 0 Å². The number of guanidine groups is 1. The van der Waals surface area contributed by atoms with Crippen LogP contribution in [0.4, 0.5) is 8.78 Å². The molecule has 0 fully saturated rings. The quantitative estimate of drug-likeness (QED) is 0.267. The Morgan fingerprint density at radius 2 is 1.84 bits per heavy atom. The van der Waals surface area contributed by atoms with Crippen LogP contribution in [0.5, 0.6) is 11.5 Å². The minimum atomic E-state index is -2.86. The summed E-state index contributed by atoms with van der Waals surface area (Å²) in [4.78, 5) is 6.25. The third kappa shape index (κ3) is 10.1. The van der Waals surface area contributed by atoms with E-state index in [2.05, 4.69) is 25.3 Å². The molecule has 9 heteroatoms. The van der Waals surface area contributed by atoms with Gasteiger partial charge in [0.15, 0.2) is 5.96 Å². The molecule has 0 aliphatic rings. The number of hydrogen-bond donors (Lipinski definition) is 2. The minimum absolute atomic E-state index is 0. The summed E-state index contributed by atoms with van der Waals surface area (Å²) in [6.07, 6.45) is 0. The molecule has 6 nitrogen and oxygen atoms in total. The summed E-state index contributed by atoms with van der Waals surface area (Å²) < 4.78 is 35.6. The van der Waals surface area contributed by atoms with Crippen LogP contribution >= 0.6 is 24.0 Å². The van der Waals surface area contributed by atoms with Crippen LogP contribution in [0.2, 0.25) is 0 Å². The number of ether oxygens (including phenoxy) is 2. The van der Waals surface area contributed by atoms with Gasteiger partial charge in [-0.15, -0.1) is 24.0 Å². The second-order valence-electron chi connectivity index (χ2n) is 7.07. The fraction of sp³-hybridized carbons (Fsp3) is 0.409. The minimum Gasteiger partial charge on any atom is -0.492 e. The maximum Gasteiger partial charge on any atom is 0.387 e. The number of alkyl halides is 2. The van der Waals surface area contributed by atoms with Gasteiger partial charge in [-0.2, -0.15) is 8.78 Å². The molecule has 0 unspecified atom stereocenters. The first kappa shape index (κ1) is 26.9. The van der Waals surface area contributed by atoms with E-state index >= 15 is 0 Å². The Morgan fingerprint density at radius 3 is 2.52 bits per heavy atom. The maximum absolute atomic E-state index is 12.6. The lowest BCUT2D eigenvalue weighted by Gasteiger charge is -2.16. The van der Waals surface area contributed by atoms with E-state index in [1.807, 2.05) is 51.4 Å². The molecule has 0 aliphatic heterocycles. The second kappa shape index (κ2) is 14.0. The van der Waals surface area contributed by atoms with Crippen LogP contribution < -0.4 is 20.1 Å². The molecule has 0 atom stereocenters. The third-order valence-corrected chi connectivity index (χ3v) is 4.27. The summed E-state index contributed by atoms with van der Waals surface area (Å²) in [6.45, 7) is 1.34. The zero-order chi connectivity index (χ0) is 21.9. The summed E-state index contributed by atoms with van der Waals surface area (Å²) in [5.74, 6) is 1.52. The molecule has 0 bridgehead atoms. The van der Waals surface area contributed by atoms with Gasteiger partial charge in [0.2, 0.25) is 0 Å². The summed E-state index contributed by atoms with van der Waals surface area (Å²) in [6, 6.07) is 12.9. The molecule has 0 saturated carbocycles. The lowest BCUT2D eigenvalue weighted by atomic mass is 10.1. The summed E-state index contributed by atoms with van der Waals surface area (Å²) >= 11 is 0. The highest BCUT2D eigenvalue weighted by atomic mass is 127. The van der Waals surface area contributed by atoms with Crippen LogP contribution in [0.15, 0.2) is 47.5 Å². The van der Waals surface area contributed by atoms with Crippen molar-refractivity contribution in [1.29, 1.82) is 0 Å². The predicted octanol–water partition coefficient (Wildman–Crippen LogP) is 4.02. The van der Waals surface area contributed by atoms with Crippen molar-refractivity contribution in [2.24, 2.45) is 4.99 Å². The second-order valence-corrected chi connectivity index (χ2v) is 7.07. The topological polar surface area (TPSA) is 58.1 Å². The van der Waals surface area contributed by atoms with Crippen molar-refractivity contribution in [2.75, 3.05) is 34.3 Å². The van der Waals surface area contributed by atoms with Crippen molar-refractivity contribution in [3.8, 4) is 11.5 Å². The van der Waals surface area contributed by atoms with E-state index in [0.29, 0.717) is 31.2 Å². The highest BCUT2D eigenvalue weighted by Crippen LogP contribution is 2.22. The molecular formula is C22H31F2IN4O2. The van der Waals surface area contributed by atoms with E-state index in [-0.39, 0.29) is 29.7 Å². The number of nitrogens with zero attached hydrogens (tertiary/aromatic N) is 2. The van der Waals surface area contributed by atoms with Crippen LogP contribution in [-0.2, 0) is 13.1 Å². The number of hydrogen-bond acceptors (Lipinski definition) is 4. The van der Waals surface area contributed by atoms with Gasteiger partial charge in [0.1, 0.15) is 18.1 Å². The van der Waals surface area contributed by atoms with Gasteiger partial charge >= 0.3 is 6.61 Å². The SMILES string of the molecule is CN=C(NCc1cccc(OCCN(C)C)c1)NCc1cc(C)ccc1OC(F)F.I. The molecular weight excluding hydrogens is 517 g/mol. The van der Waals surface area contributed by atoms with Gasteiger partial charge in [-0.1, -0.05) is 29.8 Å². The Morgan fingerprint density at radius 1 is 1.10 bits per heavy atom. The van der Waals surface area contributed by atoms with Crippen molar-refractivity contribution in [1.82, 2.24) is 15.5 Å². The standard InChI is InChI=1S/C22H30F2N4O2.HI/c1-16-8-9-20(30-21(23)24)18(12-16)15-27-22(25-2)26-14-17-6-5-7-19(13-17)29-11-10-28(3)4;/h5-9,12-13,21H,10-11,14-15H2,1-4H3,(H2,25,26,27);1H. The van der Waals surface area contributed by atoms with E-state index in [9.17, 15) is 8.78 Å². The molecule has 2 aromatic carbocycles. The lowest BCUT2D eigenvalue weighted by Crippen LogP contribution is -2.36. The van der Waals surface area contributed by atoms with Gasteiger partial charge < -0.3 is 25.0 Å². The molecule has 0 heterocycles. The average molecular weight is 548 g/mol. The van der Waals surface area contributed by atoms with Crippen molar-refractivity contribution < 1.29 is 18.3 Å². The summed E-state index contributed by atoms with van der Waals surface area (Å²) in [5.41, 5.74) is 2.63. The van der Waals surface area contributed by atoms with Crippen molar-refractivity contribution in [3.63, 3.8) is 0 Å². The maximum atomic E-state index is 12.6. The van der Waals surface area contributed by atoms with Crippen LogP contribution in [-0.4, -0.2) is 51.8 Å². The van der Waals surface area contributed by atoms with Gasteiger partial charge in [-0.25, -0.2) is 0 Å². The van der Waals surface area contributed by atoms with Crippen LogP contribution in [0, 0.1) is 6.92 Å². The largest absolute Gasteiger partial charge is 0.492 e. The van der Waals surface area contributed by atoms with Crippen molar-refractivity contribution >= 4 is 29.9 Å². The Bertz CT molecular complexity index is 835. The van der Waals surface area contributed by atoms with Crippen LogP contribution in [0.3, 0.4) is 0 Å². The van der Waals surface area contributed by atoms with Gasteiger partial charge in [-0.05, 0) is 44.8 Å². The number of aliphatic imine (C=N–C) groups is 1. The first-order chi connectivity index (χ1) is 14.4. The molecule has 0 radical (unpaired) electrons. The van der Waals surface area contributed by atoms with Gasteiger partial charge in [0.05, 0.1) is 0 Å². The van der Waals surface area contributed by atoms with E-state index < -0.39 is 6.61 Å². The predicted molar refractivity (Wildman–Crippen MR) is 131 cm³/mol. The molecule has 0 aliphatic carbocycles. The zero-order valence-electron chi connectivity index (χ0n) is 18.3. The molecule has 0 amide bonds. The highest BCUT2D eigenvalue weighted by Gasteiger charge is 2.10. The zero-order valence-corrected chi connectivity index (χ0v) is 20.7. The Labute approximate surface area is 200 Å².